The highest BCUT2D eigenvalue weighted by Gasteiger charge is 2.18. The zero-order valence-corrected chi connectivity index (χ0v) is 12.2. The molecule has 0 aliphatic heterocycles. The van der Waals surface area contributed by atoms with Crippen LogP contribution in [0.2, 0.25) is 0 Å². The number of nitrogens with one attached hydrogen (secondary N) is 1. The molecule has 0 atom stereocenters. The van der Waals surface area contributed by atoms with E-state index in [1.807, 2.05) is 44.2 Å². The second-order valence-corrected chi connectivity index (χ2v) is 4.82. The average Bonchev–Trinajstić information content (AvgIpc) is 2.82. The van der Waals surface area contributed by atoms with Crippen molar-refractivity contribution in [2.45, 2.75) is 13.8 Å². The number of rotatable bonds is 3. The molecule has 0 saturated heterocycles. The second kappa shape index (κ2) is 5.06. The molecule has 6 heteroatoms. The summed E-state index contributed by atoms with van der Waals surface area (Å²) in [5.74, 6) is 7.06. The molecule has 1 aromatic carbocycles. The number of ether oxygens (including phenoxy) is 1. The molecule has 0 spiro atoms. The van der Waals surface area contributed by atoms with Gasteiger partial charge in [0.1, 0.15) is 11.6 Å². The Hall–Kier alpha value is -2.60. The van der Waals surface area contributed by atoms with Gasteiger partial charge in [0.2, 0.25) is 0 Å². The molecule has 3 rings (SSSR count). The molecule has 0 fully saturated rings. The Morgan fingerprint density at radius 1 is 1.24 bits per heavy atom. The predicted octanol–water partition coefficient (Wildman–Crippen LogP) is 2.31. The van der Waals surface area contributed by atoms with Crippen LogP contribution in [0.5, 0.6) is 5.75 Å². The Kier molecular flexibility index (Phi) is 3.23. The summed E-state index contributed by atoms with van der Waals surface area (Å²) in [7, 11) is 1.66. The number of nitrogen functional groups attached to an aromatic ring is 1. The molecule has 0 amide bonds. The van der Waals surface area contributed by atoms with Crippen LogP contribution in [-0.4, -0.2) is 21.7 Å². The molecule has 108 valence electrons. The first kappa shape index (κ1) is 13.4. The number of para-hydroxylation sites is 1. The summed E-state index contributed by atoms with van der Waals surface area (Å²) >= 11 is 0. The lowest BCUT2D eigenvalue weighted by Crippen LogP contribution is -2.12. The van der Waals surface area contributed by atoms with Gasteiger partial charge in [-0.2, -0.15) is 9.61 Å². The number of aromatic nitrogens is 3. The van der Waals surface area contributed by atoms with Gasteiger partial charge in [-0.25, -0.2) is 10.8 Å². The van der Waals surface area contributed by atoms with Gasteiger partial charge < -0.3 is 10.2 Å². The Labute approximate surface area is 122 Å². The lowest BCUT2D eigenvalue weighted by Gasteiger charge is -2.08. The molecule has 0 aliphatic rings. The van der Waals surface area contributed by atoms with Crippen LogP contribution in [0.25, 0.3) is 16.8 Å². The summed E-state index contributed by atoms with van der Waals surface area (Å²) in [5, 5.41) is 4.53. The molecule has 2 aromatic heterocycles. The maximum absolute atomic E-state index is 5.58. The molecule has 2 heterocycles. The summed E-state index contributed by atoms with van der Waals surface area (Å²) in [6, 6.07) is 9.69. The molecule has 0 radical (unpaired) electrons. The van der Waals surface area contributed by atoms with Gasteiger partial charge in [-0.15, -0.1) is 0 Å². The van der Waals surface area contributed by atoms with Crippen molar-refractivity contribution in [2.75, 3.05) is 12.5 Å². The maximum Gasteiger partial charge on any atom is 0.165 e. The summed E-state index contributed by atoms with van der Waals surface area (Å²) in [4.78, 5) is 4.61. The topological polar surface area (TPSA) is 77.5 Å². The third kappa shape index (κ3) is 2.09. The summed E-state index contributed by atoms with van der Waals surface area (Å²) < 4.78 is 7.17. The van der Waals surface area contributed by atoms with E-state index in [9.17, 15) is 0 Å². The highest BCUT2D eigenvalue weighted by atomic mass is 16.5. The zero-order valence-electron chi connectivity index (χ0n) is 12.2. The van der Waals surface area contributed by atoms with Gasteiger partial charge in [0.25, 0.3) is 0 Å². The molecular formula is C15H17N5O. The van der Waals surface area contributed by atoms with E-state index in [2.05, 4.69) is 15.5 Å². The van der Waals surface area contributed by atoms with Crippen molar-refractivity contribution >= 4 is 11.5 Å². The Morgan fingerprint density at radius 3 is 2.71 bits per heavy atom. The van der Waals surface area contributed by atoms with Crippen molar-refractivity contribution < 1.29 is 4.74 Å². The van der Waals surface area contributed by atoms with Gasteiger partial charge in [0.05, 0.1) is 18.4 Å². The first-order chi connectivity index (χ1) is 10.2. The number of hydrazine groups is 1. The molecule has 6 nitrogen and oxygen atoms in total. The fraction of sp³-hybridized carbons (Fsp3) is 0.200. The fourth-order valence-corrected chi connectivity index (χ4v) is 2.51. The van der Waals surface area contributed by atoms with Crippen LogP contribution in [0.3, 0.4) is 0 Å². The molecule has 0 unspecified atom stereocenters. The number of hydrogen-bond donors (Lipinski definition) is 2. The lowest BCUT2D eigenvalue weighted by atomic mass is 10.1. The van der Waals surface area contributed by atoms with Crippen LogP contribution >= 0.6 is 0 Å². The quantitative estimate of drug-likeness (QED) is 0.569. The molecule has 0 saturated carbocycles. The number of anilines is 1. The van der Waals surface area contributed by atoms with Crippen molar-refractivity contribution in [1.29, 1.82) is 0 Å². The minimum Gasteiger partial charge on any atom is -0.496 e. The van der Waals surface area contributed by atoms with Crippen molar-refractivity contribution in [3.8, 4) is 16.9 Å². The molecule has 0 bridgehead atoms. The van der Waals surface area contributed by atoms with E-state index >= 15 is 0 Å². The minimum atomic E-state index is 0.696. The van der Waals surface area contributed by atoms with E-state index in [0.717, 1.165) is 33.9 Å². The zero-order chi connectivity index (χ0) is 15.0. The van der Waals surface area contributed by atoms with E-state index in [-0.39, 0.29) is 0 Å². The van der Waals surface area contributed by atoms with E-state index in [0.29, 0.717) is 5.82 Å². The number of fused-ring (bicyclic) bond motifs is 1. The van der Waals surface area contributed by atoms with E-state index in [1.54, 1.807) is 11.6 Å². The first-order valence-corrected chi connectivity index (χ1v) is 6.62. The monoisotopic (exact) mass is 283 g/mol. The van der Waals surface area contributed by atoms with Crippen LogP contribution in [0.4, 0.5) is 5.82 Å². The Balaban J connectivity index is 2.37. The molecule has 21 heavy (non-hydrogen) atoms. The summed E-state index contributed by atoms with van der Waals surface area (Å²) in [6.07, 6.45) is 0. The summed E-state index contributed by atoms with van der Waals surface area (Å²) in [6.45, 7) is 3.88. The molecule has 0 aliphatic carbocycles. The van der Waals surface area contributed by atoms with Crippen molar-refractivity contribution in [2.24, 2.45) is 5.84 Å². The van der Waals surface area contributed by atoms with Crippen LogP contribution in [-0.2, 0) is 0 Å². The van der Waals surface area contributed by atoms with Crippen LogP contribution in [0, 0.1) is 13.8 Å². The summed E-state index contributed by atoms with van der Waals surface area (Å²) in [5.41, 5.74) is 7.07. The molecule has 3 aromatic rings. The molecule has 3 N–H and O–H groups in total. The number of nitrogens with two attached hydrogens (primary N) is 1. The highest BCUT2D eigenvalue weighted by molar-refractivity contribution is 5.84. The number of methoxy groups -OCH3 is 1. The minimum absolute atomic E-state index is 0.696. The van der Waals surface area contributed by atoms with Crippen molar-refractivity contribution in [3.63, 3.8) is 0 Å². The van der Waals surface area contributed by atoms with Gasteiger partial charge in [-0.3, -0.25) is 0 Å². The number of benzene rings is 1. The number of aryl methyl sites for hydroxylation is 2. The molecular weight excluding hydrogens is 266 g/mol. The van der Waals surface area contributed by atoms with E-state index in [4.69, 9.17) is 10.6 Å². The average molecular weight is 283 g/mol. The van der Waals surface area contributed by atoms with Crippen molar-refractivity contribution in [3.05, 3.63) is 41.7 Å². The Morgan fingerprint density at radius 2 is 2.00 bits per heavy atom. The Bertz CT molecular complexity index is 809. The number of hydrogen-bond acceptors (Lipinski definition) is 5. The smallest absolute Gasteiger partial charge is 0.165 e. The predicted molar refractivity (Wildman–Crippen MR) is 82.3 cm³/mol. The third-order valence-corrected chi connectivity index (χ3v) is 3.42. The highest BCUT2D eigenvalue weighted by Crippen LogP contribution is 2.35. The van der Waals surface area contributed by atoms with Crippen LogP contribution < -0.4 is 16.0 Å². The fourth-order valence-electron chi connectivity index (χ4n) is 2.51. The second-order valence-electron chi connectivity index (χ2n) is 4.82. The lowest BCUT2D eigenvalue weighted by molar-refractivity contribution is 0.416. The van der Waals surface area contributed by atoms with Gasteiger partial charge in [-0.1, -0.05) is 18.2 Å². The largest absolute Gasteiger partial charge is 0.496 e. The van der Waals surface area contributed by atoms with Gasteiger partial charge in [-0.05, 0) is 19.9 Å². The SMILES string of the molecule is COc1ccccc1-c1c(C)nn2c(NN)cc(C)nc12. The standard InChI is InChI=1S/C15H17N5O/c1-9-8-13(18-16)20-15(17-9)14(10(2)19-20)11-6-4-5-7-12(11)21-3/h4-8,18H,16H2,1-3H3. The van der Waals surface area contributed by atoms with Gasteiger partial charge >= 0.3 is 0 Å². The van der Waals surface area contributed by atoms with Crippen LogP contribution in [0.1, 0.15) is 11.4 Å². The first-order valence-electron chi connectivity index (χ1n) is 6.62. The van der Waals surface area contributed by atoms with E-state index < -0.39 is 0 Å². The maximum atomic E-state index is 5.58. The van der Waals surface area contributed by atoms with E-state index in [1.165, 1.54) is 0 Å². The van der Waals surface area contributed by atoms with Crippen LogP contribution in [0.15, 0.2) is 30.3 Å². The van der Waals surface area contributed by atoms with Gasteiger partial charge in [0.15, 0.2) is 5.65 Å². The normalized spacial score (nSPS) is 10.9. The van der Waals surface area contributed by atoms with Crippen molar-refractivity contribution in [1.82, 2.24) is 14.6 Å². The number of nitrogens with zero attached hydrogens (tertiary/aromatic N) is 3. The van der Waals surface area contributed by atoms with Gasteiger partial charge in [0, 0.05) is 17.3 Å². The third-order valence-electron chi connectivity index (χ3n) is 3.42.